The molecule has 0 aliphatic rings. The van der Waals surface area contributed by atoms with E-state index in [0.29, 0.717) is 106 Å². The average molecular weight is 454 g/mol. The lowest BCUT2D eigenvalue weighted by molar-refractivity contribution is -0.121. The van der Waals surface area contributed by atoms with E-state index in [4.69, 9.17) is 37.9 Å². The zero-order valence-corrected chi connectivity index (χ0v) is 19.4. The van der Waals surface area contributed by atoms with Crippen LogP contribution in [0, 0.1) is 0 Å². The molecule has 186 valence electrons. The molecule has 0 rings (SSSR count). The number of hydrogen-bond donors (Lipinski definition) is 1. The Labute approximate surface area is 187 Å². The van der Waals surface area contributed by atoms with Gasteiger partial charge in [-0.3, -0.25) is 4.79 Å². The third-order valence-corrected chi connectivity index (χ3v) is 3.70. The Morgan fingerprint density at radius 1 is 0.484 bits per heavy atom. The summed E-state index contributed by atoms with van der Waals surface area (Å²) in [5.41, 5.74) is 0. The fourth-order valence-electron chi connectivity index (χ4n) is 2.08. The first kappa shape index (κ1) is 30.1. The van der Waals surface area contributed by atoms with Crippen molar-refractivity contribution in [3.05, 3.63) is 0 Å². The summed E-state index contributed by atoms with van der Waals surface area (Å²) >= 11 is 0. The van der Waals surface area contributed by atoms with E-state index in [0.717, 1.165) is 13.0 Å². The molecule has 0 spiro atoms. The molecule has 10 nitrogen and oxygen atoms in total. The highest BCUT2D eigenvalue weighted by Gasteiger charge is 1.97. The summed E-state index contributed by atoms with van der Waals surface area (Å²) in [6, 6.07) is 0. The van der Waals surface area contributed by atoms with E-state index in [9.17, 15) is 4.79 Å². The first-order chi connectivity index (χ1) is 15.3. The molecule has 0 bridgehead atoms. The van der Waals surface area contributed by atoms with E-state index in [-0.39, 0.29) is 5.91 Å². The predicted molar refractivity (Wildman–Crippen MR) is 116 cm³/mol. The molecule has 0 saturated carbocycles. The molecule has 0 aromatic carbocycles. The lowest BCUT2D eigenvalue weighted by atomic mass is 10.4. The maximum absolute atomic E-state index is 11.0. The molecule has 0 heterocycles. The normalized spacial score (nSPS) is 11.2. The first-order valence-corrected chi connectivity index (χ1v) is 11.1. The molecule has 0 fully saturated rings. The van der Waals surface area contributed by atoms with Gasteiger partial charge in [-0.25, -0.2) is 0 Å². The Hall–Kier alpha value is -0.850. The lowest BCUT2D eigenvalue weighted by Crippen LogP contribution is -2.20. The van der Waals surface area contributed by atoms with Crippen molar-refractivity contribution in [1.82, 2.24) is 5.32 Å². The molecule has 0 saturated heterocycles. The second kappa shape index (κ2) is 27.2. The Kier molecular flexibility index (Phi) is 26.4. The summed E-state index contributed by atoms with van der Waals surface area (Å²) in [7, 11) is 1.60. The summed E-state index contributed by atoms with van der Waals surface area (Å²) in [6.45, 7) is 10.7. The molecule has 31 heavy (non-hydrogen) atoms. The van der Waals surface area contributed by atoms with Gasteiger partial charge in [0.1, 0.15) is 0 Å². The van der Waals surface area contributed by atoms with Crippen molar-refractivity contribution in [2.45, 2.75) is 19.8 Å². The summed E-state index contributed by atoms with van der Waals surface area (Å²) in [6.07, 6.45) is 1.39. The second-order valence-corrected chi connectivity index (χ2v) is 6.32. The molecule has 1 N–H and O–H groups in total. The molecule has 0 aromatic heterocycles. The van der Waals surface area contributed by atoms with Crippen LogP contribution >= 0.6 is 0 Å². The molecule has 0 radical (unpaired) electrons. The predicted octanol–water partition coefficient (Wildman–Crippen LogP) is 0.665. The number of rotatable bonds is 26. The minimum Gasteiger partial charge on any atom is -0.379 e. The Balaban J connectivity index is 3.01. The fraction of sp³-hybridized carbons (Fsp3) is 0.952. The van der Waals surface area contributed by atoms with Gasteiger partial charge in [-0.15, -0.1) is 0 Å². The van der Waals surface area contributed by atoms with Crippen LogP contribution in [0.5, 0.6) is 0 Å². The van der Waals surface area contributed by atoms with Crippen LogP contribution in [0.3, 0.4) is 0 Å². The summed E-state index contributed by atoms with van der Waals surface area (Å²) in [5, 5.41) is 2.54. The number of ether oxygens (including phenoxy) is 8. The third-order valence-electron chi connectivity index (χ3n) is 3.70. The highest BCUT2D eigenvalue weighted by atomic mass is 16.6. The Morgan fingerprint density at radius 3 is 1.00 bits per heavy atom. The topological polar surface area (TPSA) is 103 Å². The monoisotopic (exact) mass is 453 g/mol. The van der Waals surface area contributed by atoms with E-state index in [1.165, 1.54) is 0 Å². The van der Waals surface area contributed by atoms with Crippen molar-refractivity contribution in [2.24, 2.45) is 0 Å². The smallest absolute Gasteiger partial charge is 0.222 e. The van der Waals surface area contributed by atoms with Gasteiger partial charge in [0, 0.05) is 20.1 Å². The SMILES string of the molecule is CCCOCCOCCOCCOCCOCCOCCOCCOCCC(=O)NC. The van der Waals surface area contributed by atoms with Gasteiger partial charge in [-0.2, -0.15) is 0 Å². The van der Waals surface area contributed by atoms with Gasteiger partial charge in [0.25, 0.3) is 0 Å². The van der Waals surface area contributed by atoms with Gasteiger partial charge in [0.05, 0.1) is 99.1 Å². The van der Waals surface area contributed by atoms with Crippen LogP contribution in [0.25, 0.3) is 0 Å². The average Bonchev–Trinajstić information content (AvgIpc) is 2.78. The quantitative estimate of drug-likeness (QED) is 0.189. The second-order valence-electron chi connectivity index (χ2n) is 6.32. The summed E-state index contributed by atoms with van der Waals surface area (Å²) in [5.74, 6) is -0.0294. The molecule has 0 aliphatic carbocycles. The van der Waals surface area contributed by atoms with Crippen molar-refractivity contribution in [1.29, 1.82) is 0 Å². The van der Waals surface area contributed by atoms with E-state index in [1.54, 1.807) is 7.05 Å². The largest absolute Gasteiger partial charge is 0.379 e. The number of carbonyl (C=O) groups is 1. The van der Waals surface area contributed by atoms with E-state index < -0.39 is 0 Å². The van der Waals surface area contributed by atoms with Crippen molar-refractivity contribution < 1.29 is 42.7 Å². The highest BCUT2D eigenvalue weighted by molar-refractivity contribution is 5.75. The zero-order valence-electron chi connectivity index (χ0n) is 19.4. The third kappa shape index (κ3) is 27.1. The lowest BCUT2D eigenvalue weighted by Gasteiger charge is -2.08. The molecule has 0 atom stereocenters. The van der Waals surface area contributed by atoms with Crippen molar-refractivity contribution in [2.75, 3.05) is 113 Å². The molecule has 10 heteroatoms. The minimum atomic E-state index is -0.0294. The van der Waals surface area contributed by atoms with Crippen LogP contribution in [0.2, 0.25) is 0 Å². The number of carbonyl (C=O) groups excluding carboxylic acids is 1. The van der Waals surface area contributed by atoms with Gasteiger partial charge in [0.2, 0.25) is 5.91 Å². The van der Waals surface area contributed by atoms with Gasteiger partial charge in [-0.05, 0) is 6.42 Å². The van der Waals surface area contributed by atoms with Gasteiger partial charge in [-0.1, -0.05) is 6.92 Å². The van der Waals surface area contributed by atoms with Crippen molar-refractivity contribution in [3.63, 3.8) is 0 Å². The minimum absolute atomic E-state index is 0.0294. The first-order valence-electron chi connectivity index (χ1n) is 11.1. The maximum atomic E-state index is 11.0. The van der Waals surface area contributed by atoms with E-state index >= 15 is 0 Å². The summed E-state index contributed by atoms with van der Waals surface area (Å²) < 4.78 is 43.0. The van der Waals surface area contributed by atoms with E-state index in [1.807, 2.05) is 0 Å². The number of amides is 1. The van der Waals surface area contributed by atoms with Crippen molar-refractivity contribution in [3.8, 4) is 0 Å². The van der Waals surface area contributed by atoms with Crippen LogP contribution in [0.15, 0.2) is 0 Å². The van der Waals surface area contributed by atoms with Crippen LogP contribution in [-0.2, 0) is 42.7 Å². The van der Waals surface area contributed by atoms with Gasteiger partial charge in [0.15, 0.2) is 0 Å². The van der Waals surface area contributed by atoms with Crippen molar-refractivity contribution >= 4 is 5.91 Å². The molecule has 0 aromatic rings. The summed E-state index contributed by atoms with van der Waals surface area (Å²) in [4.78, 5) is 11.0. The van der Waals surface area contributed by atoms with Crippen LogP contribution in [0.4, 0.5) is 0 Å². The number of hydrogen-bond acceptors (Lipinski definition) is 9. The molecule has 1 amide bonds. The van der Waals surface area contributed by atoms with Crippen LogP contribution in [0.1, 0.15) is 19.8 Å². The molecular weight excluding hydrogens is 410 g/mol. The zero-order chi connectivity index (χ0) is 22.7. The van der Waals surface area contributed by atoms with Gasteiger partial charge < -0.3 is 43.2 Å². The van der Waals surface area contributed by atoms with Crippen LogP contribution < -0.4 is 5.32 Å². The fourth-order valence-corrected chi connectivity index (χ4v) is 2.08. The highest BCUT2D eigenvalue weighted by Crippen LogP contribution is 1.87. The Morgan fingerprint density at radius 2 is 0.742 bits per heavy atom. The molecular formula is C21H43NO9. The molecule has 0 unspecified atom stereocenters. The maximum Gasteiger partial charge on any atom is 0.222 e. The standard InChI is InChI=1S/C21H43NO9/c1-3-5-24-7-9-26-11-13-28-15-17-30-19-20-31-18-16-29-14-12-27-10-8-25-6-4-21(23)22-2/h3-20H2,1-2H3,(H,22,23). The molecule has 0 aliphatic heterocycles. The Bertz CT molecular complexity index is 362. The van der Waals surface area contributed by atoms with Gasteiger partial charge >= 0.3 is 0 Å². The number of nitrogens with one attached hydrogen (secondary N) is 1. The van der Waals surface area contributed by atoms with E-state index in [2.05, 4.69) is 12.2 Å². The van der Waals surface area contributed by atoms with Crippen LogP contribution in [-0.4, -0.2) is 119 Å².